The van der Waals surface area contributed by atoms with Gasteiger partial charge in [0.15, 0.2) is 0 Å². The van der Waals surface area contributed by atoms with Crippen molar-refractivity contribution in [1.82, 2.24) is 5.32 Å². The number of nitrogens with one attached hydrogen (secondary N) is 1. The Hall–Kier alpha value is -0.830. The van der Waals surface area contributed by atoms with E-state index in [9.17, 15) is 0 Å². The van der Waals surface area contributed by atoms with Gasteiger partial charge in [-0.25, -0.2) is 0 Å². The lowest BCUT2D eigenvalue weighted by Gasteiger charge is -2.23. The van der Waals surface area contributed by atoms with Crippen LogP contribution in [0.2, 0.25) is 0 Å². The molecule has 0 spiro atoms. The van der Waals surface area contributed by atoms with E-state index < -0.39 is 0 Å². The zero-order valence-electron chi connectivity index (χ0n) is 9.12. The summed E-state index contributed by atoms with van der Waals surface area (Å²) < 4.78 is 1.12. The maximum atomic E-state index is 4.80. The van der Waals surface area contributed by atoms with Crippen LogP contribution in [0, 0.1) is 0 Å². The van der Waals surface area contributed by atoms with Gasteiger partial charge in [0.2, 0.25) is 0 Å². The molecule has 1 fully saturated rings. The van der Waals surface area contributed by atoms with Crippen molar-refractivity contribution in [3.8, 4) is 0 Å². The number of benzene rings is 1. The van der Waals surface area contributed by atoms with Gasteiger partial charge in [0, 0.05) is 16.1 Å². The number of rotatable bonds is 1. The summed E-state index contributed by atoms with van der Waals surface area (Å²) in [4.78, 5) is 4.80. The molecule has 2 nitrogen and oxygen atoms in total. The third-order valence-corrected chi connectivity index (χ3v) is 3.99. The predicted octanol–water partition coefficient (Wildman–Crippen LogP) is 3.11. The fourth-order valence-electron chi connectivity index (χ4n) is 2.58. The van der Waals surface area contributed by atoms with Crippen LogP contribution in [-0.2, 0) is 0 Å². The molecule has 0 bridgehead atoms. The minimum absolute atomic E-state index is 0.521. The van der Waals surface area contributed by atoms with Crippen LogP contribution in [0.5, 0.6) is 0 Å². The smallest absolute Gasteiger partial charge is 0.128 e. The Balaban J connectivity index is 1.83. The van der Waals surface area contributed by atoms with Gasteiger partial charge in [0.05, 0.1) is 6.04 Å². The molecule has 1 aliphatic heterocycles. The van der Waals surface area contributed by atoms with E-state index in [-0.39, 0.29) is 0 Å². The molecule has 2 unspecified atom stereocenters. The first-order valence-electron chi connectivity index (χ1n) is 5.93. The Labute approximate surface area is 104 Å². The molecular weight excluding hydrogens is 264 g/mol. The molecule has 0 aromatic heterocycles. The van der Waals surface area contributed by atoms with Gasteiger partial charge in [-0.3, -0.25) is 4.99 Å². The van der Waals surface area contributed by atoms with Gasteiger partial charge in [0.25, 0.3) is 0 Å². The van der Waals surface area contributed by atoms with Crippen molar-refractivity contribution in [1.29, 1.82) is 0 Å². The van der Waals surface area contributed by atoms with Crippen LogP contribution < -0.4 is 5.32 Å². The van der Waals surface area contributed by atoms with Gasteiger partial charge in [-0.15, -0.1) is 0 Å². The summed E-state index contributed by atoms with van der Waals surface area (Å²) in [7, 11) is 0. The maximum absolute atomic E-state index is 4.80. The Morgan fingerprint density at radius 3 is 2.62 bits per heavy atom. The van der Waals surface area contributed by atoms with Crippen molar-refractivity contribution in [3.05, 3.63) is 34.3 Å². The third-order valence-electron chi connectivity index (χ3n) is 3.46. The van der Waals surface area contributed by atoms with Crippen LogP contribution in [0.25, 0.3) is 0 Å². The monoisotopic (exact) mass is 278 g/mol. The molecule has 2 atom stereocenters. The van der Waals surface area contributed by atoms with E-state index in [2.05, 4.69) is 45.5 Å². The van der Waals surface area contributed by atoms with E-state index >= 15 is 0 Å². The summed E-state index contributed by atoms with van der Waals surface area (Å²) in [5, 5.41) is 3.56. The van der Waals surface area contributed by atoms with Gasteiger partial charge in [-0.2, -0.15) is 0 Å². The van der Waals surface area contributed by atoms with Gasteiger partial charge in [0.1, 0.15) is 5.84 Å². The predicted molar refractivity (Wildman–Crippen MR) is 69.9 cm³/mol. The van der Waals surface area contributed by atoms with Crippen molar-refractivity contribution in [2.24, 2.45) is 4.99 Å². The Morgan fingerprint density at radius 2 is 1.88 bits per heavy atom. The summed E-state index contributed by atoms with van der Waals surface area (Å²) in [6.07, 6.45) is 5.20. The quantitative estimate of drug-likeness (QED) is 0.839. The molecule has 16 heavy (non-hydrogen) atoms. The first kappa shape index (κ1) is 10.3. The average Bonchev–Trinajstić information content (AvgIpc) is 2.73. The van der Waals surface area contributed by atoms with Gasteiger partial charge >= 0.3 is 0 Å². The van der Waals surface area contributed by atoms with E-state index in [1.165, 1.54) is 31.2 Å². The molecule has 1 heterocycles. The highest BCUT2D eigenvalue weighted by atomic mass is 79.9. The first-order valence-corrected chi connectivity index (χ1v) is 6.72. The molecule has 0 saturated heterocycles. The second kappa shape index (κ2) is 4.21. The zero-order chi connectivity index (χ0) is 11.0. The fourth-order valence-corrected chi connectivity index (χ4v) is 2.84. The molecule has 2 aliphatic rings. The van der Waals surface area contributed by atoms with Gasteiger partial charge < -0.3 is 5.32 Å². The van der Waals surface area contributed by atoms with Crippen molar-refractivity contribution >= 4 is 21.8 Å². The summed E-state index contributed by atoms with van der Waals surface area (Å²) in [5.41, 5.74) is 1.21. The summed E-state index contributed by atoms with van der Waals surface area (Å²) in [5.74, 6) is 1.09. The average molecular weight is 279 g/mol. The normalized spacial score (nSPS) is 28.2. The highest BCUT2D eigenvalue weighted by Gasteiger charge is 2.30. The molecular formula is C13H15BrN2. The molecule has 84 valence electrons. The molecule has 3 rings (SSSR count). The SMILES string of the molecule is Brc1ccc(C2=NC3CCCCC3N2)cc1. The first-order chi connectivity index (χ1) is 7.83. The van der Waals surface area contributed by atoms with E-state index in [4.69, 9.17) is 4.99 Å². The summed E-state index contributed by atoms with van der Waals surface area (Å²) >= 11 is 3.45. The Morgan fingerprint density at radius 1 is 1.12 bits per heavy atom. The van der Waals surface area contributed by atoms with Crippen LogP contribution in [0.1, 0.15) is 31.2 Å². The number of fused-ring (bicyclic) bond motifs is 1. The number of halogens is 1. The maximum Gasteiger partial charge on any atom is 0.128 e. The van der Waals surface area contributed by atoms with Crippen LogP contribution in [0.3, 0.4) is 0 Å². The van der Waals surface area contributed by atoms with Gasteiger partial charge in [-0.05, 0) is 25.0 Å². The summed E-state index contributed by atoms with van der Waals surface area (Å²) in [6, 6.07) is 9.49. The molecule has 1 aliphatic carbocycles. The lowest BCUT2D eigenvalue weighted by Crippen LogP contribution is -2.36. The highest BCUT2D eigenvalue weighted by molar-refractivity contribution is 9.10. The molecule has 1 aromatic carbocycles. The molecule has 0 radical (unpaired) electrons. The van der Waals surface area contributed by atoms with Crippen molar-refractivity contribution in [2.45, 2.75) is 37.8 Å². The number of amidine groups is 1. The van der Waals surface area contributed by atoms with E-state index in [1.807, 2.05) is 0 Å². The summed E-state index contributed by atoms with van der Waals surface area (Å²) in [6.45, 7) is 0. The number of aliphatic imine (C=N–C) groups is 1. The van der Waals surface area contributed by atoms with Crippen LogP contribution in [-0.4, -0.2) is 17.9 Å². The molecule has 3 heteroatoms. The lowest BCUT2D eigenvalue weighted by atomic mass is 9.92. The molecule has 1 aromatic rings. The minimum atomic E-state index is 0.521. The second-order valence-electron chi connectivity index (χ2n) is 4.59. The number of hydrogen-bond donors (Lipinski definition) is 1. The molecule has 1 saturated carbocycles. The Kier molecular flexibility index (Phi) is 2.72. The lowest BCUT2D eigenvalue weighted by molar-refractivity contribution is 0.385. The largest absolute Gasteiger partial charge is 0.365 e. The van der Waals surface area contributed by atoms with Crippen LogP contribution in [0.4, 0.5) is 0 Å². The van der Waals surface area contributed by atoms with Gasteiger partial charge in [-0.1, -0.05) is 40.9 Å². The van der Waals surface area contributed by atoms with Crippen molar-refractivity contribution < 1.29 is 0 Å². The Bertz CT molecular complexity index is 410. The van der Waals surface area contributed by atoms with Crippen LogP contribution in [0.15, 0.2) is 33.7 Å². The van der Waals surface area contributed by atoms with Crippen LogP contribution >= 0.6 is 15.9 Å². The van der Waals surface area contributed by atoms with Crippen molar-refractivity contribution in [3.63, 3.8) is 0 Å². The minimum Gasteiger partial charge on any atom is -0.365 e. The number of nitrogens with zero attached hydrogens (tertiary/aromatic N) is 1. The van der Waals surface area contributed by atoms with Crippen molar-refractivity contribution in [2.75, 3.05) is 0 Å². The third kappa shape index (κ3) is 1.88. The zero-order valence-corrected chi connectivity index (χ0v) is 10.7. The fraction of sp³-hybridized carbons (Fsp3) is 0.462. The highest BCUT2D eigenvalue weighted by Crippen LogP contribution is 2.26. The molecule has 0 amide bonds. The molecule has 1 N–H and O–H groups in total. The topological polar surface area (TPSA) is 24.4 Å². The number of hydrogen-bond acceptors (Lipinski definition) is 2. The van der Waals surface area contributed by atoms with E-state index in [0.29, 0.717) is 12.1 Å². The second-order valence-corrected chi connectivity index (χ2v) is 5.50. The van der Waals surface area contributed by atoms with E-state index in [1.54, 1.807) is 0 Å². The standard InChI is InChI=1S/C13H15BrN2/c14-10-7-5-9(6-8-10)13-15-11-3-1-2-4-12(11)16-13/h5-8,11-12H,1-4H2,(H,15,16). The van der Waals surface area contributed by atoms with E-state index in [0.717, 1.165) is 10.3 Å².